The Labute approximate surface area is 136 Å². The molecule has 4 heteroatoms. The van der Waals surface area contributed by atoms with Gasteiger partial charge in [0, 0.05) is 24.3 Å². The van der Waals surface area contributed by atoms with Gasteiger partial charge in [-0.05, 0) is 24.6 Å². The van der Waals surface area contributed by atoms with Crippen LogP contribution in [0.15, 0.2) is 59.5 Å². The maximum atomic E-state index is 12.2. The van der Waals surface area contributed by atoms with Crippen LogP contribution in [0.1, 0.15) is 17.2 Å². The molecule has 0 aliphatic heterocycles. The van der Waals surface area contributed by atoms with Crippen molar-refractivity contribution in [1.29, 1.82) is 0 Å². The topological polar surface area (TPSA) is 38.3 Å². The van der Waals surface area contributed by atoms with Crippen molar-refractivity contribution < 1.29 is 9.53 Å². The number of carbonyl (C=O) groups excluding carboxylic acids is 1. The third-order valence-electron chi connectivity index (χ3n) is 3.27. The zero-order valence-electron chi connectivity index (χ0n) is 12.9. The van der Waals surface area contributed by atoms with E-state index in [1.54, 1.807) is 18.9 Å². The van der Waals surface area contributed by atoms with Crippen LogP contribution < -0.4 is 5.32 Å². The number of nitrogens with one attached hydrogen (secondary N) is 1. The summed E-state index contributed by atoms with van der Waals surface area (Å²) in [6.07, 6.45) is -0.550. The molecule has 0 bridgehead atoms. The fraction of sp³-hybridized carbons (Fsp3) is 0.278. The van der Waals surface area contributed by atoms with Crippen molar-refractivity contribution >= 4 is 17.7 Å². The van der Waals surface area contributed by atoms with E-state index in [1.807, 2.05) is 30.3 Å². The molecule has 0 fully saturated rings. The molecule has 116 valence electrons. The van der Waals surface area contributed by atoms with Gasteiger partial charge < -0.3 is 10.1 Å². The number of methoxy groups -OCH3 is 1. The number of hydrogen-bond acceptors (Lipinski definition) is 3. The number of rotatable bonds is 7. The Morgan fingerprint density at radius 1 is 1.14 bits per heavy atom. The average Bonchev–Trinajstić information content (AvgIpc) is 2.55. The van der Waals surface area contributed by atoms with Gasteiger partial charge >= 0.3 is 0 Å². The summed E-state index contributed by atoms with van der Waals surface area (Å²) in [7, 11) is 1.55. The van der Waals surface area contributed by atoms with Crippen molar-refractivity contribution in [2.45, 2.75) is 17.9 Å². The predicted octanol–water partition coefficient (Wildman–Crippen LogP) is 3.59. The highest BCUT2D eigenvalue weighted by Crippen LogP contribution is 2.18. The van der Waals surface area contributed by atoms with E-state index < -0.39 is 6.10 Å². The largest absolute Gasteiger partial charge is 0.367 e. The lowest BCUT2D eigenvalue weighted by molar-refractivity contribution is -0.131. The fourth-order valence-corrected chi connectivity index (χ4v) is 2.86. The van der Waals surface area contributed by atoms with E-state index in [1.165, 1.54) is 10.5 Å². The summed E-state index contributed by atoms with van der Waals surface area (Å²) in [6.45, 7) is 2.69. The van der Waals surface area contributed by atoms with Gasteiger partial charge in [0.15, 0.2) is 6.10 Å². The molecule has 2 aromatic rings. The van der Waals surface area contributed by atoms with Crippen molar-refractivity contribution in [2.75, 3.05) is 19.4 Å². The first-order valence-corrected chi connectivity index (χ1v) is 8.24. The van der Waals surface area contributed by atoms with E-state index in [0.29, 0.717) is 6.54 Å². The Kier molecular flexibility index (Phi) is 6.49. The molecule has 1 amide bonds. The summed E-state index contributed by atoms with van der Waals surface area (Å²) >= 11 is 1.73. The van der Waals surface area contributed by atoms with Crippen LogP contribution in [-0.2, 0) is 9.53 Å². The standard InChI is InChI=1S/C18H21NO2S/c1-14-8-10-16(11-9-14)22-13-12-19-18(20)17(21-2)15-6-4-3-5-7-15/h3-11,17H,12-13H2,1-2H3,(H,19,20)/t17-/m1/s1. The summed E-state index contributed by atoms with van der Waals surface area (Å²) in [5.74, 6) is 0.734. The third kappa shape index (κ3) is 4.90. The Morgan fingerprint density at radius 2 is 1.82 bits per heavy atom. The monoisotopic (exact) mass is 315 g/mol. The number of hydrogen-bond donors (Lipinski definition) is 1. The lowest BCUT2D eigenvalue weighted by Gasteiger charge is -2.15. The zero-order chi connectivity index (χ0) is 15.8. The number of amides is 1. The molecule has 3 nitrogen and oxygen atoms in total. The van der Waals surface area contributed by atoms with Crippen molar-refractivity contribution in [3.05, 3.63) is 65.7 Å². The molecule has 0 saturated carbocycles. The third-order valence-corrected chi connectivity index (χ3v) is 4.28. The highest BCUT2D eigenvalue weighted by molar-refractivity contribution is 7.99. The van der Waals surface area contributed by atoms with Gasteiger partial charge in [0.05, 0.1) is 0 Å². The Balaban J connectivity index is 1.78. The van der Waals surface area contributed by atoms with E-state index in [4.69, 9.17) is 4.74 Å². The predicted molar refractivity (Wildman–Crippen MR) is 91.1 cm³/mol. The summed E-state index contributed by atoms with van der Waals surface area (Å²) in [5.41, 5.74) is 2.12. The van der Waals surface area contributed by atoms with Gasteiger partial charge in [0.1, 0.15) is 0 Å². The fourth-order valence-electron chi connectivity index (χ4n) is 2.09. The molecule has 0 unspecified atom stereocenters. The van der Waals surface area contributed by atoms with Crippen LogP contribution in [0.3, 0.4) is 0 Å². The smallest absolute Gasteiger partial charge is 0.253 e. The van der Waals surface area contributed by atoms with Crippen LogP contribution in [0.5, 0.6) is 0 Å². The molecule has 1 atom stereocenters. The number of carbonyl (C=O) groups is 1. The van der Waals surface area contributed by atoms with Crippen LogP contribution in [0.4, 0.5) is 0 Å². The Hall–Kier alpha value is -1.78. The van der Waals surface area contributed by atoms with E-state index >= 15 is 0 Å². The minimum absolute atomic E-state index is 0.0989. The van der Waals surface area contributed by atoms with E-state index in [-0.39, 0.29) is 5.91 Å². The first-order chi connectivity index (χ1) is 10.7. The Bertz CT molecular complexity index is 584. The first kappa shape index (κ1) is 16.6. The average molecular weight is 315 g/mol. The van der Waals surface area contributed by atoms with Crippen molar-refractivity contribution in [2.24, 2.45) is 0 Å². The van der Waals surface area contributed by atoms with Gasteiger partial charge in [-0.25, -0.2) is 0 Å². The highest BCUT2D eigenvalue weighted by Gasteiger charge is 2.18. The second kappa shape index (κ2) is 8.61. The highest BCUT2D eigenvalue weighted by atomic mass is 32.2. The minimum atomic E-state index is -0.550. The SMILES string of the molecule is CO[C@@H](C(=O)NCCSc1ccc(C)cc1)c1ccccc1. The maximum absolute atomic E-state index is 12.2. The van der Waals surface area contributed by atoms with Gasteiger partial charge in [-0.15, -0.1) is 11.8 Å². The zero-order valence-corrected chi connectivity index (χ0v) is 13.7. The quantitative estimate of drug-likeness (QED) is 0.627. The van der Waals surface area contributed by atoms with E-state index in [0.717, 1.165) is 11.3 Å². The summed E-state index contributed by atoms with van der Waals surface area (Å²) in [5, 5.41) is 2.93. The van der Waals surface area contributed by atoms with Gasteiger partial charge in [0.2, 0.25) is 0 Å². The van der Waals surface area contributed by atoms with Gasteiger partial charge in [-0.3, -0.25) is 4.79 Å². The van der Waals surface area contributed by atoms with Crippen LogP contribution in [0.25, 0.3) is 0 Å². The van der Waals surface area contributed by atoms with Crippen LogP contribution >= 0.6 is 11.8 Å². The molecular weight excluding hydrogens is 294 g/mol. The van der Waals surface area contributed by atoms with Gasteiger partial charge in [-0.1, -0.05) is 48.0 Å². The molecule has 1 N–H and O–H groups in total. The molecule has 0 radical (unpaired) electrons. The number of aryl methyl sites for hydroxylation is 1. The number of ether oxygens (including phenoxy) is 1. The molecule has 0 saturated heterocycles. The lowest BCUT2D eigenvalue weighted by atomic mass is 10.1. The summed E-state index contributed by atoms with van der Waals surface area (Å²) in [4.78, 5) is 13.4. The van der Waals surface area contributed by atoms with Crippen molar-refractivity contribution in [1.82, 2.24) is 5.32 Å². The van der Waals surface area contributed by atoms with E-state index in [2.05, 4.69) is 36.5 Å². The van der Waals surface area contributed by atoms with Crippen molar-refractivity contribution in [3.8, 4) is 0 Å². The Morgan fingerprint density at radius 3 is 2.45 bits per heavy atom. The van der Waals surface area contributed by atoms with Crippen LogP contribution in [-0.4, -0.2) is 25.3 Å². The minimum Gasteiger partial charge on any atom is -0.367 e. The molecule has 0 heterocycles. The maximum Gasteiger partial charge on any atom is 0.253 e. The summed E-state index contributed by atoms with van der Waals surface area (Å²) < 4.78 is 5.31. The molecule has 22 heavy (non-hydrogen) atoms. The second-order valence-electron chi connectivity index (χ2n) is 4.98. The molecular formula is C18H21NO2S. The molecule has 0 spiro atoms. The second-order valence-corrected chi connectivity index (χ2v) is 6.15. The normalized spacial score (nSPS) is 11.9. The van der Waals surface area contributed by atoms with E-state index in [9.17, 15) is 4.79 Å². The van der Waals surface area contributed by atoms with Crippen LogP contribution in [0, 0.1) is 6.92 Å². The van der Waals surface area contributed by atoms with Crippen LogP contribution in [0.2, 0.25) is 0 Å². The number of benzene rings is 2. The lowest BCUT2D eigenvalue weighted by Crippen LogP contribution is -2.32. The number of thioether (sulfide) groups is 1. The van der Waals surface area contributed by atoms with Gasteiger partial charge in [0.25, 0.3) is 5.91 Å². The molecule has 0 aromatic heterocycles. The molecule has 2 rings (SSSR count). The molecule has 0 aliphatic carbocycles. The summed E-state index contributed by atoms with van der Waals surface area (Å²) in [6, 6.07) is 17.9. The first-order valence-electron chi connectivity index (χ1n) is 7.25. The molecule has 2 aromatic carbocycles. The van der Waals surface area contributed by atoms with Crippen molar-refractivity contribution in [3.63, 3.8) is 0 Å². The van der Waals surface area contributed by atoms with Gasteiger partial charge in [-0.2, -0.15) is 0 Å². The molecule has 0 aliphatic rings.